The van der Waals surface area contributed by atoms with E-state index in [0.717, 1.165) is 30.1 Å². The van der Waals surface area contributed by atoms with Gasteiger partial charge in [0.15, 0.2) is 0 Å². The van der Waals surface area contributed by atoms with Crippen LogP contribution in [0, 0.1) is 0 Å². The molecule has 1 N–H and O–H groups in total. The number of aliphatic hydroxyl groups is 1. The minimum absolute atomic E-state index is 0.527. The molecule has 0 radical (unpaired) electrons. The second-order valence-electron chi connectivity index (χ2n) is 4.53. The van der Waals surface area contributed by atoms with E-state index in [0.29, 0.717) is 6.42 Å². The molecule has 4 heteroatoms. The Morgan fingerprint density at radius 1 is 1.32 bits per heavy atom. The number of imidazole rings is 1. The zero-order valence-corrected chi connectivity index (χ0v) is 11.4. The standard InChI is InChI=1S/C15H20N2O2/c1-3-9-17-10-8-16-15(17)11-14(18)12-4-6-13(19-2)7-5-12/h4-8,10,14,18H,3,9,11H2,1-2H3. The summed E-state index contributed by atoms with van der Waals surface area (Å²) in [7, 11) is 1.63. The lowest BCUT2D eigenvalue weighted by molar-refractivity contribution is 0.174. The van der Waals surface area contributed by atoms with Gasteiger partial charge in [-0.1, -0.05) is 19.1 Å². The summed E-state index contributed by atoms with van der Waals surface area (Å²) in [5.41, 5.74) is 0.881. The predicted molar refractivity (Wildman–Crippen MR) is 74.2 cm³/mol. The quantitative estimate of drug-likeness (QED) is 0.868. The van der Waals surface area contributed by atoms with Gasteiger partial charge >= 0.3 is 0 Å². The van der Waals surface area contributed by atoms with Gasteiger partial charge in [-0.05, 0) is 24.1 Å². The molecule has 0 spiro atoms. The number of methoxy groups -OCH3 is 1. The molecular formula is C15H20N2O2. The molecule has 0 fully saturated rings. The molecule has 0 aliphatic carbocycles. The first-order valence-electron chi connectivity index (χ1n) is 6.56. The Hall–Kier alpha value is -1.81. The van der Waals surface area contributed by atoms with Gasteiger partial charge in [0.25, 0.3) is 0 Å². The zero-order valence-electron chi connectivity index (χ0n) is 11.4. The summed E-state index contributed by atoms with van der Waals surface area (Å²) in [6, 6.07) is 7.49. The van der Waals surface area contributed by atoms with Crippen molar-refractivity contribution < 1.29 is 9.84 Å². The van der Waals surface area contributed by atoms with Crippen LogP contribution in [0.5, 0.6) is 5.75 Å². The molecule has 0 aliphatic heterocycles. The second-order valence-corrected chi connectivity index (χ2v) is 4.53. The Kier molecular flexibility index (Phi) is 4.58. The van der Waals surface area contributed by atoms with E-state index in [4.69, 9.17) is 4.74 Å². The van der Waals surface area contributed by atoms with E-state index in [1.807, 2.05) is 30.5 Å². The number of nitrogens with zero attached hydrogens (tertiary/aromatic N) is 2. The summed E-state index contributed by atoms with van der Waals surface area (Å²) >= 11 is 0. The Morgan fingerprint density at radius 2 is 2.05 bits per heavy atom. The SMILES string of the molecule is CCCn1ccnc1CC(O)c1ccc(OC)cc1. The third kappa shape index (κ3) is 3.35. The zero-order chi connectivity index (χ0) is 13.7. The van der Waals surface area contributed by atoms with Gasteiger partial charge in [0, 0.05) is 25.4 Å². The van der Waals surface area contributed by atoms with E-state index in [1.54, 1.807) is 13.3 Å². The Morgan fingerprint density at radius 3 is 2.68 bits per heavy atom. The van der Waals surface area contributed by atoms with E-state index >= 15 is 0 Å². The van der Waals surface area contributed by atoms with Crippen molar-refractivity contribution in [1.29, 1.82) is 0 Å². The lowest BCUT2D eigenvalue weighted by Gasteiger charge is -2.12. The van der Waals surface area contributed by atoms with Gasteiger partial charge in [0.05, 0.1) is 13.2 Å². The van der Waals surface area contributed by atoms with Gasteiger partial charge in [-0.2, -0.15) is 0 Å². The summed E-state index contributed by atoms with van der Waals surface area (Å²) in [5.74, 6) is 1.72. The van der Waals surface area contributed by atoms with Crippen molar-refractivity contribution >= 4 is 0 Å². The monoisotopic (exact) mass is 260 g/mol. The largest absolute Gasteiger partial charge is 0.497 e. The van der Waals surface area contributed by atoms with E-state index in [1.165, 1.54) is 0 Å². The number of aryl methyl sites for hydroxylation is 1. The van der Waals surface area contributed by atoms with Crippen molar-refractivity contribution in [2.45, 2.75) is 32.4 Å². The van der Waals surface area contributed by atoms with E-state index in [9.17, 15) is 5.11 Å². The van der Waals surface area contributed by atoms with Gasteiger partial charge < -0.3 is 14.4 Å². The highest BCUT2D eigenvalue weighted by Gasteiger charge is 2.12. The average Bonchev–Trinajstić information content (AvgIpc) is 2.86. The third-order valence-electron chi connectivity index (χ3n) is 3.14. The Balaban J connectivity index is 2.06. The van der Waals surface area contributed by atoms with Crippen LogP contribution in [-0.2, 0) is 13.0 Å². The molecule has 0 amide bonds. The molecule has 1 unspecified atom stereocenters. The van der Waals surface area contributed by atoms with Crippen LogP contribution in [-0.4, -0.2) is 21.8 Å². The van der Waals surface area contributed by atoms with Crippen LogP contribution >= 0.6 is 0 Å². The fraction of sp³-hybridized carbons (Fsp3) is 0.400. The van der Waals surface area contributed by atoms with Crippen molar-refractivity contribution in [3.8, 4) is 5.75 Å². The summed E-state index contributed by atoms with van der Waals surface area (Å²) in [5, 5.41) is 10.3. The minimum Gasteiger partial charge on any atom is -0.497 e. The van der Waals surface area contributed by atoms with Crippen LogP contribution in [0.25, 0.3) is 0 Å². The first kappa shape index (κ1) is 13.6. The van der Waals surface area contributed by atoms with Crippen molar-refractivity contribution in [2.24, 2.45) is 0 Å². The minimum atomic E-state index is -0.538. The maximum absolute atomic E-state index is 10.3. The highest BCUT2D eigenvalue weighted by molar-refractivity contribution is 5.28. The molecule has 2 aromatic rings. The number of ether oxygens (including phenoxy) is 1. The molecule has 2 rings (SSSR count). The van der Waals surface area contributed by atoms with Crippen LogP contribution in [0.2, 0.25) is 0 Å². The van der Waals surface area contributed by atoms with E-state index < -0.39 is 6.10 Å². The summed E-state index contributed by atoms with van der Waals surface area (Å²) < 4.78 is 7.20. The molecule has 1 aromatic heterocycles. The van der Waals surface area contributed by atoms with Crippen molar-refractivity contribution in [3.63, 3.8) is 0 Å². The first-order chi connectivity index (χ1) is 9.24. The molecule has 19 heavy (non-hydrogen) atoms. The van der Waals surface area contributed by atoms with Crippen LogP contribution < -0.4 is 4.74 Å². The topological polar surface area (TPSA) is 47.3 Å². The maximum Gasteiger partial charge on any atom is 0.118 e. The smallest absolute Gasteiger partial charge is 0.118 e. The molecule has 1 heterocycles. The Bertz CT molecular complexity index is 505. The molecule has 1 aromatic carbocycles. The second kappa shape index (κ2) is 6.38. The number of aliphatic hydroxyl groups excluding tert-OH is 1. The molecule has 0 bridgehead atoms. The third-order valence-corrected chi connectivity index (χ3v) is 3.14. The van der Waals surface area contributed by atoms with Gasteiger partial charge in [0.2, 0.25) is 0 Å². The lowest BCUT2D eigenvalue weighted by atomic mass is 10.1. The van der Waals surface area contributed by atoms with Crippen LogP contribution in [0.15, 0.2) is 36.7 Å². The fourth-order valence-corrected chi connectivity index (χ4v) is 2.09. The number of benzene rings is 1. The molecule has 0 aliphatic rings. The lowest BCUT2D eigenvalue weighted by Crippen LogP contribution is -2.09. The summed E-state index contributed by atoms with van der Waals surface area (Å²) in [6.45, 7) is 3.06. The number of aromatic nitrogens is 2. The van der Waals surface area contributed by atoms with E-state index in [2.05, 4.69) is 16.5 Å². The van der Waals surface area contributed by atoms with Crippen molar-refractivity contribution in [1.82, 2.24) is 9.55 Å². The first-order valence-corrected chi connectivity index (χ1v) is 6.56. The fourth-order valence-electron chi connectivity index (χ4n) is 2.09. The predicted octanol–water partition coefficient (Wildman–Crippen LogP) is 2.58. The van der Waals surface area contributed by atoms with Gasteiger partial charge in [-0.15, -0.1) is 0 Å². The number of hydrogen-bond acceptors (Lipinski definition) is 3. The molecule has 1 atom stereocenters. The van der Waals surface area contributed by atoms with Crippen LogP contribution in [0.3, 0.4) is 0 Å². The van der Waals surface area contributed by atoms with Crippen LogP contribution in [0.4, 0.5) is 0 Å². The van der Waals surface area contributed by atoms with Gasteiger partial charge in [-0.25, -0.2) is 4.98 Å². The number of hydrogen-bond donors (Lipinski definition) is 1. The average molecular weight is 260 g/mol. The van der Waals surface area contributed by atoms with E-state index in [-0.39, 0.29) is 0 Å². The van der Waals surface area contributed by atoms with Crippen molar-refractivity contribution in [2.75, 3.05) is 7.11 Å². The Labute approximate surface area is 113 Å². The molecular weight excluding hydrogens is 240 g/mol. The molecule has 0 saturated carbocycles. The maximum atomic E-state index is 10.3. The molecule has 4 nitrogen and oxygen atoms in total. The molecule has 0 saturated heterocycles. The summed E-state index contributed by atoms with van der Waals surface area (Å²) in [4.78, 5) is 4.31. The van der Waals surface area contributed by atoms with Gasteiger partial charge in [0.1, 0.15) is 11.6 Å². The normalized spacial score (nSPS) is 12.4. The highest BCUT2D eigenvalue weighted by Crippen LogP contribution is 2.20. The summed E-state index contributed by atoms with van der Waals surface area (Å²) in [6.07, 6.45) is 4.79. The van der Waals surface area contributed by atoms with Crippen LogP contribution in [0.1, 0.15) is 30.8 Å². The molecule has 102 valence electrons. The highest BCUT2D eigenvalue weighted by atomic mass is 16.5. The number of rotatable bonds is 6. The van der Waals surface area contributed by atoms with Crippen molar-refractivity contribution in [3.05, 3.63) is 48.0 Å². The van der Waals surface area contributed by atoms with Gasteiger partial charge in [-0.3, -0.25) is 0 Å².